The highest BCUT2D eigenvalue weighted by atomic mass is 35.5. The number of anilines is 2. The first-order valence-electron chi connectivity index (χ1n) is 6.17. The van der Waals surface area contributed by atoms with Gasteiger partial charge in [0.1, 0.15) is 5.78 Å². The summed E-state index contributed by atoms with van der Waals surface area (Å²) in [7, 11) is 0. The summed E-state index contributed by atoms with van der Waals surface area (Å²) in [6, 6.07) is 13.6. The van der Waals surface area contributed by atoms with Crippen molar-refractivity contribution >= 4 is 28.8 Å². The molecule has 2 rings (SSSR count). The van der Waals surface area contributed by atoms with Gasteiger partial charge in [0.15, 0.2) is 0 Å². The molecule has 0 bridgehead atoms. The molecule has 0 saturated heterocycles. The zero-order chi connectivity index (χ0) is 13.8. The van der Waals surface area contributed by atoms with Crippen molar-refractivity contribution in [3.63, 3.8) is 0 Å². The van der Waals surface area contributed by atoms with Crippen LogP contribution in [-0.2, 0) is 11.2 Å². The normalized spacial score (nSPS) is 10.3. The highest BCUT2D eigenvalue weighted by Crippen LogP contribution is 2.30. The third-order valence-electron chi connectivity index (χ3n) is 2.94. The quantitative estimate of drug-likeness (QED) is 0.887. The van der Waals surface area contributed by atoms with Gasteiger partial charge >= 0.3 is 0 Å². The third-order valence-corrected chi connectivity index (χ3v) is 3.25. The van der Waals surface area contributed by atoms with Crippen LogP contribution < -0.4 is 5.32 Å². The Morgan fingerprint density at radius 2 is 1.89 bits per heavy atom. The predicted octanol–water partition coefficient (Wildman–Crippen LogP) is 4.52. The van der Waals surface area contributed by atoms with E-state index in [2.05, 4.69) is 5.32 Å². The smallest absolute Gasteiger partial charge is 0.134 e. The van der Waals surface area contributed by atoms with Gasteiger partial charge in [-0.05, 0) is 37.1 Å². The van der Waals surface area contributed by atoms with Crippen LogP contribution in [0.1, 0.15) is 18.1 Å². The fourth-order valence-corrected chi connectivity index (χ4v) is 2.26. The maximum atomic E-state index is 11.3. The Balaban J connectivity index is 2.36. The summed E-state index contributed by atoms with van der Waals surface area (Å²) >= 11 is 6.21. The number of halogens is 1. The maximum Gasteiger partial charge on any atom is 0.134 e. The molecule has 2 aromatic carbocycles. The van der Waals surface area contributed by atoms with Crippen molar-refractivity contribution in [1.29, 1.82) is 0 Å². The summed E-state index contributed by atoms with van der Waals surface area (Å²) in [5.41, 5.74) is 3.87. The van der Waals surface area contributed by atoms with E-state index in [1.165, 1.54) is 0 Å². The van der Waals surface area contributed by atoms with Crippen LogP contribution >= 0.6 is 11.6 Å². The van der Waals surface area contributed by atoms with Gasteiger partial charge in [-0.25, -0.2) is 0 Å². The SMILES string of the molecule is CC(=O)Cc1ccccc1Nc1c(C)cccc1Cl. The van der Waals surface area contributed by atoms with Gasteiger partial charge in [-0.2, -0.15) is 0 Å². The molecular weight excluding hydrogens is 258 g/mol. The number of carbonyl (C=O) groups excluding carboxylic acids is 1. The molecule has 2 nitrogen and oxygen atoms in total. The van der Waals surface area contributed by atoms with Gasteiger partial charge in [-0.15, -0.1) is 0 Å². The van der Waals surface area contributed by atoms with E-state index in [0.717, 1.165) is 22.5 Å². The largest absolute Gasteiger partial charge is 0.354 e. The zero-order valence-electron chi connectivity index (χ0n) is 11.0. The summed E-state index contributed by atoms with van der Waals surface area (Å²) < 4.78 is 0. The first kappa shape index (κ1) is 13.6. The number of nitrogens with one attached hydrogen (secondary N) is 1. The molecule has 2 aromatic rings. The molecule has 0 unspecified atom stereocenters. The number of rotatable bonds is 4. The van der Waals surface area contributed by atoms with Gasteiger partial charge in [-0.1, -0.05) is 41.9 Å². The van der Waals surface area contributed by atoms with Crippen molar-refractivity contribution < 1.29 is 4.79 Å². The summed E-state index contributed by atoms with van der Waals surface area (Å²) in [6.07, 6.45) is 0.423. The number of hydrogen-bond donors (Lipinski definition) is 1. The van der Waals surface area contributed by atoms with Crippen LogP contribution in [0, 0.1) is 6.92 Å². The number of ketones is 1. The highest BCUT2D eigenvalue weighted by molar-refractivity contribution is 6.33. The molecule has 0 atom stereocenters. The molecule has 0 aliphatic carbocycles. The maximum absolute atomic E-state index is 11.3. The van der Waals surface area contributed by atoms with Gasteiger partial charge in [0.25, 0.3) is 0 Å². The van der Waals surface area contributed by atoms with Crippen LogP contribution in [0.4, 0.5) is 11.4 Å². The standard InChI is InChI=1S/C16H16ClNO/c1-11-6-5-8-14(17)16(11)18-15-9-4-3-7-13(15)10-12(2)19/h3-9,18H,10H2,1-2H3. The second-order valence-electron chi connectivity index (χ2n) is 4.59. The number of benzene rings is 2. The van der Waals surface area contributed by atoms with Crippen LogP contribution in [0.5, 0.6) is 0 Å². The number of carbonyl (C=O) groups is 1. The van der Waals surface area contributed by atoms with Crippen molar-refractivity contribution in [3.05, 3.63) is 58.6 Å². The molecule has 0 aromatic heterocycles. The second-order valence-corrected chi connectivity index (χ2v) is 5.00. The summed E-state index contributed by atoms with van der Waals surface area (Å²) in [5, 5.41) is 4.01. The Labute approximate surface area is 118 Å². The molecule has 0 saturated carbocycles. The van der Waals surface area contributed by atoms with Crippen LogP contribution in [0.3, 0.4) is 0 Å². The average molecular weight is 274 g/mol. The number of hydrogen-bond acceptors (Lipinski definition) is 2. The minimum atomic E-state index is 0.144. The molecule has 19 heavy (non-hydrogen) atoms. The fourth-order valence-electron chi connectivity index (χ4n) is 1.99. The molecule has 0 fully saturated rings. The predicted molar refractivity (Wildman–Crippen MR) is 80.3 cm³/mol. The lowest BCUT2D eigenvalue weighted by Crippen LogP contribution is -2.02. The Morgan fingerprint density at radius 3 is 2.58 bits per heavy atom. The van der Waals surface area contributed by atoms with Crippen LogP contribution in [0.2, 0.25) is 5.02 Å². The lowest BCUT2D eigenvalue weighted by molar-refractivity contribution is -0.116. The summed E-state index contributed by atoms with van der Waals surface area (Å²) in [4.78, 5) is 11.3. The van der Waals surface area contributed by atoms with Crippen LogP contribution in [0.25, 0.3) is 0 Å². The first-order valence-corrected chi connectivity index (χ1v) is 6.55. The van der Waals surface area contributed by atoms with Gasteiger partial charge in [-0.3, -0.25) is 4.79 Å². The molecule has 0 aliphatic heterocycles. The Kier molecular flexibility index (Phi) is 4.23. The second kappa shape index (κ2) is 5.89. The average Bonchev–Trinajstić information content (AvgIpc) is 2.35. The molecule has 0 aliphatic rings. The molecule has 98 valence electrons. The Bertz CT molecular complexity index is 587. The van der Waals surface area contributed by atoms with Crippen molar-refractivity contribution in [2.24, 2.45) is 0 Å². The number of Topliss-reactive ketones (excluding diaryl/α,β-unsaturated/α-hetero) is 1. The fraction of sp³-hybridized carbons (Fsp3) is 0.188. The first-order chi connectivity index (χ1) is 9.08. The van der Waals surface area contributed by atoms with E-state index in [-0.39, 0.29) is 5.78 Å². The lowest BCUT2D eigenvalue weighted by atomic mass is 10.1. The summed E-state index contributed by atoms with van der Waals surface area (Å²) in [6.45, 7) is 3.60. The Morgan fingerprint density at radius 1 is 1.16 bits per heavy atom. The number of aryl methyl sites for hydroxylation is 1. The van der Waals surface area contributed by atoms with Crippen molar-refractivity contribution in [2.45, 2.75) is 20.3 Å². The van der Waals surface area contributed by atoms with E-state index in [9.17, 15) is 4.79 Å². The topological polar surface area (TPSA) is 29.1 Å². The van der Waals surface area contributed by atoms with Gasteiger partial charge in [0.05, 0.1) is 10.7 Å². The van der Waals surface area contributed by atoms with E-state index in [1.54, 1.807) is 6.92 Å². The van der Waals surface area contributed by atoms with E-state index >= 15 is 0 Å². The van der Waals surface area contributed by atoms with Crippen LogP contribution in [0.15, 0.2) is 42.5 Å². The van der Waals surface area contributed by atoms with Gasteiger partial charge in [0, 0.05) is 12.1 Å². The van der Waals surface area contributed by atoms with Gasteiger partial charge in [0.2, 0.25) is 0 Å². The molecule has 0 amide bonds. The van der Waals surface area contributed by atoms with E-state index in [4.69, 9.17) is 11.6 Å². The van der Waals surface area contributed by atoms with E-state index in [0.29, 0.717) is 11.4 Å². The van der Waals surface area contributed by atoms with Gasteiger partial charge < -0.3 is 5.32 Å². The molecular formula is C16H16ClNO. The number of para-hydroxylation sites is 2. The Hall–Kier alpha value is -1.80. The molecule has 3 heteroatoms. The zero-order valence-corrected chi connectivity index (χ0v) is 11.8. The van der Waals surface area contributed by atoms with Crippen molar-refractivity contribution in [1.82, 2.24) is 0 Å². The summed E-state index contributed by atoms with van der Waals surface area (Å²) in [5.74, 6) is 0.144. The minimum Gasteiger partial charge on any atom is -0.354 e. The van der Waals surface area contributed by atoms with E-state index in [1.807, 2.05) is 49.4 Å². The van der Waals surface area contributed by atoms with Crippen LogP contribution in [-0.4, -0.2) is 5.78 Å². The lowest BCUT2D eigenvalue weighted by Gasteiger charge is -2.14. The molecule has 1 N–H and O–H groups in total. The monoisotopic (exact) mass is 273 g/mol. The minimum absolute atomic E-state index is 0.144. The highest BCUT2D eigenvalue weighted by Gasteiger charge is 2.08. The van der Waals surface area contributed by atoms with E-state index < -0.39 is 0 Å². The third kappa shape index (κ3) is 3.36. The molecule has 0 heterocycles. The molecule has 0 spiro atoms. The van der Waals surface area contributed by atoms with Crippen molar-refractivity contribution in [2.75, 3.05) is 5.32 Å². The molecule has 0 radical (unpaired) electrons. The van der Waals surface area contributed by atoms with Crippen molar-refractivity contribution in [3.8, 4) is 0 Å².